The van der Waals surface area contributed by atoms with E-state index in [4.69, 9.17) is 0 Å². The molecule has 2 aromatic carbocycles. The Morgan fingerprint density at radius 3 is 1.34 bits per heavy atom. The minimum Gasteiger partial charge on any atom is -0.299 e. The minimum atomic E-state index is -0.407. The number of hydrogen-bond donors (Lipinski definition) is 0. The van der Waals surface area contributed by atoms with Gasteiger partial charge in [0.2, 0.25) is 0 Å². The molecule has 0 amide bonds. The minimum absolute atomic E-state index is 0.0579. The average Bonchev–Trinajstić information content (AvgIpc) is 2.81. The van der Waals surface area contributed by atoms with Crippen LogP contribution in [0.2, 0.25) is 0 Å². The quantitative estimate of drug-likeness (QED) is 0.355. The largest absolute Gasteiger partial charge is 0.299 e. The fraction of sp³-hybridized carbons (Fsp3) is 0.483. The maximum Gasteiger partial charge on any atom is 0.159 e. The van der Waals surface area contributed by atoms with Gasteiger partial charge in [0.1, 0.15) is 11.6 Å². The Bertz CT molecular complexity index is 743. The van der Waals surface area contributed by atoms with E-state index in [2.05, 4.69) is 19.1 Å². The Kier molecular flexibility index (Phi) is 18.9. The van der Waals surface area contributed by atoms with Crippen molar-refractivity contribution in [3.63, 3.8) is 0 Å². The molecule has 3 nitrogen and oxygen atoms in total. The van der Waals surface area contributed by atoms with Gasteiger partial charge in [-0.05, 0) is 44.7 Å². The van der Waals surface area contributed by atoms with Crippen LogP contribution in [0.25, 0.3) is 11.1 Å². The summed E-state index contributed by atoms with van der Waals surface area (Å²) in [5.74, 6) is 0.648. The molecule has 0 bridgehead atoms. The molecule has 2 aromatic rings. The summed E-state index contributed by atoms with van der Waals surface area (Å²) in [6.07, 6.45) is 4.46. The molecule has 0 atom stereocenters. The summed E-state index contributed by atoms with van der Waals surface area (Å²) in [7, 11) is 0. The molecule has 1 fully saturated rings. The fourth-order valence-corrected chi connectivity index (χ4v) is 2.43. The molecule has 0 heterocycles. The van der Waals surface area contributed by atoms with Crippen molar-refractivity contribution >= 4 is 17.3 Å². The summed E-state index contributed by atoms with van der Waals surface area (Å²) in [6.45, 7) is 16.4. The first kappa shape index (κ1) is 31.6. The molecular weight excluding hydrogens is 396 g/mol. The molecule has 0 N–H and O–H groups in total. The standard InChI is InChI=1S/C14H12O.C6H10O2.C5H10.2C2H6/c1-11(15)12-7-9-14(10-8-12)13-5-3-2-4-6-13;1-4(5(2)7)6(3)8;1-5-3-2-4-5;2*1-2/h2-10H,1H3;4H,1-3H3;5H,2-4H2,1H3;2*1-2H3. The third-order valence-corrected chi connectivity index (χ3v) is 5.01. The zero-order valence-electron chi connectivity index (χ0n) is 21.7. The molecule has 1 aliphatic rings. The summed E-state index contributed by atoms with van der Waals surface area (Å²) in [5, 5.41) is 0. The van der Waals surface area contributed by atoms with Gasteiger partial charge in [-0.3, -0.25) is 14.4 Å². The Balaban J connectivity index is 0. The van der Waals surface area contributed by atoms with Crippen molar-refractivity contribution in [3.05, 3.63) is 60.2 Å². The van der Waals surface area contributed by atoms with E-state index in [-0.39, 0.29) is 17.3 Å². The van der Waals surface area contributed by atoms with E-state index in [1.165, 1.54) is 38.7 Å². The van der Waals surface area contributed by atoms with Gasteiger partial charge >= 0.3 is 0 Å². The zero-order chi connectivity index (χ0) is 25.1. The van der Waals surface area contributed by atoms with E-state index in [0.29, 0.717) is 0 Å². The predicted molar refractivity (Wildman–Crippen MR) is 138 cm³/mol. The predicted octanol–water partition coefficient (Wildman–Crippen LogP) is 8.22. The van der Waals surface area contributed by atoms with E-state index in [9.17, 15) is 14.4 Å². The van der Waals surface area contributed by atoms with Crippen molar-refractivity contribution in [2.75, 3.05) is 0 Å². The summed E-state index contributed by atoms with van der Waals surface area (Å²) in [5.41, 5.74) is 3.07. The second-order valence-corrected chi connectivity index (χ2v) is 7.48. The zero-order valence-corrected chi connectivity index (χ0v) is 21.7. The average molecular weight is 441 g/mol. The number of Topliss-reactive ketones (excluding diaryl/α,β-unsaturated/α-hetero) is 3. The fourth-order valence-electron chi connectivity index (χ4n) is 2.43. The van der Waals surface area contributed by atoms with Crippen LogP contribution in [-0.2, 0) is 9.59 Å². The van der Waals surface area contributed by atoms with Crippen LogP contribution in [0.1, 0.15) is 91.9 Å². The van der Waals surface area contributed by atoms with Crippen LogP contribution in [0.15, 0.2) is 54.6 Å². The monoisotopic (exact) mass is 440 g/mol. The SMILES string of the molecule is CC.CC.CC(=O)C(C)C(C)=O.CC(=O)c1ccc(-c2ccccc2)cc1.CC1CCC1. The molecule has 178 valence electrons. The van der Waals surface area contributed by atoms with Crippen LogP contribution in [0, 0.1) is 11.8 Å². The van der Waals surface area contributed by atoms with Crippen molar-refractivity contribution in [3.8, 4) is 11.1 Å². The Morgan fingerprint density at radius 2 is 1.09 bits per heavy atom. The van der Waals surface area contributed by atoms with Gasteiger partial charge in [0.05, 0.1) is 5.92 Å². The molecule has 1 aliphatic carbocycles. The first-order valence-corrected chi connectivity index (χ1v) is 11.9. The second-order valence-electron chi connectivity index (χ2n) is 7.48. The number of carbonyl (C=O) groups excluding carboxylic acids is 3. The number of benzene rings is 2. The number of carbonyl (C=O) groups is 3. The third kappa shape index (κ3) is 13.7. The highest BCUT2D eigenvalue weighted by atomic mass is 16.1. The van der Waals surface area contributed by atoms with Crippen molar-refractivity contribution in [2.45, 2.75) is 81.6 Å². The van der Waals surface area contributed by atoms with Crippen LogP contribution in [0.3, 0.4) is 0 Å². The maximum atomic E-state index is 11.1. The highest BCUT2D eigenvalue weighted by Crippen LogP contribution is 2.24. The lowest BCUT2D eigenvalue weighted by Crippen LogP contribution is -2.14. The molecule has 0 aromatic heterocycles. The van der Waals surface area contributed by atoms with Gasteiger partial charge in [-0.25, -0.2) is 0 Å². The third-order valence-electron chi connectivity index (χ3n) is 5.01. The van der Waals surface area contributed by atoms with Gasteiger partial charge < -0.3 is 0 Å². The first-order valence-electron chi connectivity index (χ1n) is 11.9. The summed E-state index contributed by atoms with van der Waals surface area (Å²) < 4.78 is 0. The van der Waals surface area contributed by atoms with Gasteiger partial charge in [0.15, 0.2) is 5.78 Å². The molecule has 1 saturated carbocycles. The molecule has 3 rings (SSSR count). The lowest BCUT2D eigenvalue weighted by atomic mass is 9.88. The van der Waals surface area contributed by atoms with Crippen molar-refractivity contribution < 1.29 is 14.4 Å². The van der Waals surface area contributed by atoms with Crippen LogP contribution >= 0.6 is 0 Å². The van der Waals surface area contributed by atoms with E-state index in [1.807, 2.05) is 70.2 Å². The molecule has 0 saturated heterocycles. The van der Waals surface area contributed by atoms with Gasteiger partial charge in [-0.1, -0.05) is 108 Å². The molecule has 0 spiro atoms. The molecule has 0 unspecified atom stereocenters. The van der Waals surface area contributed by atoms with Gasteiger partial charge in [0, 0.05) is 5.56 Å². The normalized spacial score (nSPS) is 11.4. The molecule has 3 heteroatoms. The smallest absolute Gasteiger partial charge is 0.159 e. The van der Waals surface area contributed by atoms with E-state index in [1.54, 1.807) is 13.8 Å². The van der Waals surface area contributed by atoms with Crippen molar-refractivity contribution in [1.29, 1.82) is 0 Å². The first-order chi connectivity index (χ1) is 15.2. The van der Waals surface area contributed by atoms with Crippen molar-refractivity contribution in [2.24, 2.45) is 11.8 Å². The second kappa shape index (κ2) is 19.2. The Morgan fingerprint density at radius 1 is 0.719 bits per heavy atom. The van der Waals surface area contributed by atoms with Crippen molar-refractivity contribution in [1.82, 2.24) is 0 Å². The Hall–Kier alpha value is -2.55. The highest BCUT2D eigenvalue weighted by Gasteiger charge is 2.11. The number of rotatable bonds is 4. The highest BCUT2D eigenvalue weighted by molar-refractivity contribution is 5.99. The van der Waals surface area contributed by atoms with E-state index < -0.39 is 5.92 Å². The summed E-state index contributed by atoms with van der Waals surface area (Å²) in [6, 6.07) is 17.8. The van der Waals surface area contributed by atoms with Crippen LogP contribution in [0.4, 0.5) is 0 Å². The molecule has 0 aliphatic heterocycles. The lowest BCUT2D eigenvalue weighted by Gasteiger charge is -2.18. The number of ketones is 3. The van der Waals surface area contributed by atoms with Gasteiger partial charge in [-0.15, -0.1) is 0 Å². The lowest BCUT2D eigenvalue weighted by molar-refractivity contribution is -0.129. The molecular formula is C29H44O3. The van der Waals surface area contributed by atoms with Crippen LogP contribution < -0.4 is 0 Å². The van der Waals surface area contributed by atoms with Gasteiger partial charge in [-0.2, -0.15) is 0 Å². The van der Waals surface area contributed by atoms with E-state index >= 15 is 0 Å². The maximum absolute atomic E-state index is 11.1. The summed E-state index contributed by atoms with van der Waals surface area (Å²) >= 11 is 0. The Labute approximate surface area is 196 Å². The topological polar surface area (TPSA) is 51.2 Å². The van der Waals surface area contributed by atoms with Crippen LogP contribution in [0.5, 0.6) is 0 Å². The summed E-state index contributed by atoms with van der Waals surface area (Å²) in [4.78, 5) is 31.8. The van der Waals surface area contributed by atoms with Crippen LogP contribution in [-0.4, -0.2) is 17.3 Å². The molecule has 0 radical (unpaired) electrons. The van der Waals surface area contributed by atoms with E-state index in [0.717, 1.165) is 17.0 Å². The number of hydrogen-bond acceptors (Lipinski definition) is 3. The molecule has 32 heavy (non-hydrogen) atoms. The van der Waals surface area contributed by atoms with Gasteiger partial charge in [0.25, 0.3) is 0 Å².